The summed E-state index contributed by atoms with van der Waals surface area (Å²) in [6.07, 6.45) is 0. The van der Waals surface area contributed by atoms with E-state index in [-0.39, 0.29) is 43.9 Å². The third-order valence-corrected chi connectivity index (χ3v) is 5.32. The highest BCUT2D eigenvalue weighted by molar-refractivity contribution is 6.49. The molecule has 0 saturated heterocycles. The van der Waals surface area contributed by atoms with E-state index in [9.17, 15) is 9.59 Å². The summed E-state index contributed by atoms with van der Waals surface area (Å²) < 4.78 is 0. The summed E-state index contributed by atoms with van der Waals surface area (Å²) in [5.74, 6) is -0.726. The minimum absolute atomic E-state index is 0.0937. The van der Waals surface area contributed by atoms with Gasteiger partial charge in [0.2, 0.25) is 0 Å². The molecule has 0 aromatic heterocycles. The normalized spacial score (nSPS) is 13.2. The SMILES string of the molecule is O=C1c2ccc(Cl)cc2C(=O)c2c1c(Cl)c1ccc(Cl)cc1c2Cl. The number of fused-ring (bicyclic) bond motifs is 3. The van der Waals surface area contributed by atoms with Crippen LogP contribution in [0.4, 0.5) is 0 Å². The molecule has 0 saturated carbocycles. The summed E-state index contributed by atoms with van der Waals surface area (Å²) in [7, 11) is 0. The summed E-state index contributed by atoms with van der Waals surface area (Å²) in [5.41, 5.74) is 0.704. The molecule has 4 rings (SSSR count). The van der Waals surface area contributed by atoms with E-state index in [0.29, 0.717) is 20.8 Å². The van der Waals surface area contributed by atoms with E-state index in [4.69, 9.17) is 46.4 Å². The number of hydrogen-bond acceptors (Lipinski definition) is 2. The Morgan fingerprint density at radius 3 is 1.83 bits per heavy atom. The number of rotatable bonds is 0. The fourth-order valence-corrected chi connectivity index (χ4v) is 4.00. The monoisotopic (exact) mass is 394 g/mol. The zero-order valence-corrected chi connectivity index (χ0v) is 14.8. The van der Waals surface area contributed by atoms with Crippen LogP contribution >= 0.6 is 46.4 Å². The summed E-state index contributed by atoms with van der Waals surface area (Å²) in [4.78, 5) is 25.8. The molecule has 6 heteroatoms. The molecule has 0 fully saturated rings. The highest BCUT2D eigenvalue weighted by atomic mass is 35.5. The maximum atomic E-state index is 12.9. The van der Waals surface area contributed by atoms with Crippen molar-refractivity contribution in [3.63, 3.8) is 0 Å². The Hall–Kier alpha value is -1.58. The lowest BCUT2D eigenvalue weighted by molar-refractivity contribution is 0.0979. The number of ketones is 2. The minimum Gasteiger partial charge on any atom is -0.289 e. The van der Waals surface area contributed by atoms with Gasteiger partial charge in [-0.3, -0.25) is 9.59 Å². The van der Waals surface area contributed by atoms with Crippen molar-refractivity contribution in [2.45, 2.75) is 0 Å². The largest absolute Gasteiger partial charge is 0.289 e. The molecule has 3 aromatic carbocycles. The van der Waals surface area contributed by atoms with E-state index in [0.717, 1.165) is 0 Å². The Labute approximate surface area is 156 Å². The van der Waals surface area contributed by atoms with Gasteiger partial charge in [-0.25, -0.2) is 0 Å². The summed E-state index contributed by atoms with van der Waals surface area (Å²) >= 11 is 24.9. The molecule has 0 bridgehead atoms. The number of carbonyl (C=O) groups is 2. The van der Waals surface area contributed by atoms with E-state index in [2.05, 4.69) is 0 Å². The van der Waals surface area contributed by atoms with Gasteiger partial charge in [0.15, 0.2) is 11.6 Å². The maximum Gasteiger partial charge on any atom is 0.196 e. The van der Waals surface area contributed by atoms with Crippen molar-refractivity contribution in [3.05, 3.63) is 78.7 Å². The smallest absolute Gasteiger partial charge is 0.196 e. The molecule has 24 heavy (non-hydrogen) atoms. The van der Waals surface area contributed by atoms with Crippen LogP contribution in [0.15, 0.2) is 36.4 Å². The highest BCUT2D eigenvalue weighted by Crippen LogP contribution is 2.43. The Balaban J connectivity index is 2.16. The molecular weight excluding hydrogens is 390 g/mol. The third kappa shape index (κ3) is 2.11. The van der Waals surface area contributed by atoms with Gasteiger partial charge in [-0.15, -0.1) is 0 Å². The number of hydrogen-bond donors (Lipinski definition) is 0. The zero-order valence-electron chi connectivity index (χ0n) is 11.8. The average Bonchev–Trinajstić information content (AvgIpc) is 2.55. The second-order valence-corrected chi connectivity index (χ2v) is 7.04. The van der Waals surface area contributed by atoms with Gasteiger partial charge in [-0.05, 0) is 30.3 Å². The Kier molecular flexibility index (Phi) is 3.63. The van der Waals surface area contributed by atoms with Gasteiger partial charge in [0, 0.05) is 31.9 Å². The van der Waals surface area contributed by atoms with E-state index < -0.39 is 0 Å². The molecule has 0 heterocycles. The average molecular weight is 396 g/mol. The molecule has 1 aliphatic rings. The van der Waals surface area contributed by atoms with Gasteiger partial charge in [0.1, 0.15) is 0 Å². The first-order valence-corrected chi connectivity index (χ1v) is 8.40. The first kappa shape index (κ1) is 15.9. The van der Waals surface area contributed by atoms with Crippen molar-refractivity contribution < 1.29 is 9.59 Å². The van der Waals surface area contributed by atoms with Crippen LogP contribution in [-0.2, 0) is 0 Å². The molecule has 0 N–H and O–H groups in total. The van der Waals surface area contributed by atoms with E-state index >= 15 is 0 Å². The fourth-order valence-electron chi connectivity index (χ4n) is 2.98. The van der Waals surface area contributed by atoms with Gasteiger partial charge < -0.3 is 0 Å². The highest BCUT2D eigenvalue weighted by Gasteiger charge is 2.35. The lowest BCUT2D eigenvalue weighted by Gasteiger charge is -2.21. The molecule has 0 aliphatic heterocycles. The van der Waals surface area contributed by atoms with Gasteiger partial charge in [-0.1, -0.05) is 52.5 Å². The lowest BCUT2D eigenvalue weighted by atomic mass is 9.82. The molecule has 118 valence electrons. The summed E-state index contributed by atoms with van der Waals surface area (Å²) in [6.45, 7) is 0. The molecule has 0 amide bonds. The zero-order chi connectivity index (χ0) is 17.2. The maximum absolute atomic E-state index is 12.9. The molecule has 3 aromatic rings. The van der Waals surface area contributed by atoms with Crippen LogP contribution in [0.3, 0.4) is 0 Å². The predicted octanol–water partition coefficient (Wildman–Crippen LogP) is 6.23. The van der Waals surface area contributed by atoms with Crippen molar-refractivity contribution in [1.29, 1.82) is 0 Å². The first-order valence-electron chi connectivity index (χ1n) is 6.89. The van der Waals surface area contributed by atoms with Crippen LogP contribution in [0, 0.1) is 0 Å². The van der Waals surface area contributed by atoms with E-state index in [1.54, 1.807) is 24.3 Å². The van der Waals surface area contributed by atoms with Crippen LogP contribution < -0.4 is 0 Å². The van der Waals surface area contributed by atoms with Crippen molar-refractivity contribution >= 4 is 68.7 Å². The first-order chi connectivity index (χ1) is 11.4. The number of halogens is 4. The number of benzene rings is 3. The van der Waals surface area contributed by atoms with Crippen LogP contribution in [0.25, 0.3) is 10.8 Å². The second kappa shape index (κ2) is 5.47. The predicted molar refractivity (Wildman–Crippen MR) is 97.3 cm³/mol. The van der Waals surface area contributed by atoms with Crippen molar-refractivity contribution in [2.75, 3.05) is 0 Å². The van der Waals surface area contributed by atoms with Gasteiger partial charge in [0.05, 0.1) is 21.2 Å². The standard InChI is InChI=1S/C18H6Cl4O2/c19-7-1-3-9-11(5-7)16(22)14-13(15(9)21)17(23)10-4-2-8(20)6-12(10)18(14)24/h1-6H. The topological polar surface area (TPSA) is 34.1 Å². The molecule has 0 spiro atoms. The van der Waals surface area contributed by atoms with Gasteiger partial charge >= 0.3 is 0 Å². The minimum atomic E-state index is -0.379. The van der Waals surface area contributed by atoms with E-state index in [1.807, 2.05) is 0 Å². The Bertz CT molecular complexity index is 1090. The molecule has 0 radical (unpaired) electrons. The molecule has 2 nitrogen and oxygen atoms in total. The summed E-state index contributed by atoms with van der Waals surface area (Å²) in [5, 5.41) is 2.28. The van der Waals surface area contributed by atoms with Crippen LogP contribution in [0.5, 0.6) is 0 Å². The third-order valence-electron chi connectivity index (χ3n) is 4.07. The second-order valence-electron chi connectivity index (χ2n) is 5.42. The Morgan fingerprint density at radius 2 is 1.12 bits per heavy atom. The van der Waals surface area contributed by atoms with E-state index in [1.165, 1.54) is 12.1 Å². The van der Waals surface area contributed by atoms with Gasteiger partial charge in [0.25, 0.3) is 0 Å². The fraction of sp³-hybridized carbons (Fsp3) is 0. The van der Waals surface area contributed by atoms with Crippen LogP contribution in [0.1, 0.15) is 31.8 Å². The molecule has 1 aliphatic carbocycles. The Morgan fingerprint density at radius 1 is 0.583 bits per heavy atom. The molecular formula is C18H6Cl4O2. The van der Waals surface area contributed by atoms with Crippen molar-refractivity contribution in [3.8, 4) is 0 Å². The lowest BCUT2D eigenvalue weighted by Crippen LogP contribution is -2.22. The van der Waals surface area contributed by atoms with Gasteiger partial charge in [-0.2, -0.15) is 0 Å². The quantitative estimate of drug-likeness (QED) is 0.353. The molecule has 0 atom stereocenters. The number of carbonyl (C=O) groups excluding carboxylic acids is 2. The van der Waals surface area contributed by atoms with Crippen LogP contribution in [0.2, 0.25) is 20.1 Å². The summed E-state index contributed by atoms with van der Waals surface area (Å²) in [6, 6.07) is 9.51. The van der Waals surface area contributed by atoms with Crippen molar-refractivity contribution in [2.24, 2.45) is 0 Å². The van der Waals surface area contributed by atoms with Crippen molar-refractivity contribution in [1.82, 2.24) is 0 Å². The van der Waals surface area contributed by atoms with Crippen LogP contribution in [-0.4, -0.2) is 11.6 Å². The molecule has 0 unspecified atom stereocenters.